The van der Waals surface area contributed by atoms with Crippen LogP contribution in [0.1, 0.15) is 6.92 Å². The minimum absolute atomic E-state index is 0. The van der Waals surface area contributed by atoms with Crippen LogP contribution in [0.15, 0.2) is 0 Å². The van der Waals surface area contributed by atoms with Gasteiger partial charge in [0.15, 0.2) is 0 Å². The Balaban J connectivity index is 0. The van der Waals surface area contributed by atoms with Gasteiger partial charge in [-0.3, -0.25) is 4.79 Å². The third kappa shape index (κ3) is 69.4. The Labute approximate surface area is 59.4 Å². The van der Waals surface area contributed by atoms with Crippen molar-refractivity contribution in [3.8, 4) is 0 Å². The quantitative estimate of drug-likeness (QED) is 0.639. The molecule has 0 spiro atoms. The fourth-order valence-corrected chi connectivity index (χ4v) is 0. The summed E-state index contributed by atoms with van der Waals surface area (Å²) in [5, 5.41) is 7.42. The van der Waals surface area contributed by atoms with Gasteiger partial charge in [0.25, 0.3) is 5.97 Å². The maximum Gasteiger partial charge on any atom is 0.300 e. The molecule has 2 nitrogen and oxygen atoms in total. The van der Waals surface area contributed by atoms with E-state index in [1.54, 1.807) is 0 Å². The van der Waals surface area contributed by atoms with Gasteiger partial charge in [0.05, 0.1) is 0 Å². The summed E-state index contributed by atoms with van der Waals surface area (Å²) in [5.41, 5.74) is 0. The molecular formula is C2H4O2Tm. The number of carbonyl (C=O) groups is 1. The number of carboxylic acid groups (broad SMARTS) is 1. The third-order valence-corrected chi connectivity index (χ3v) is 0. The second-order valence-corrected chi connectivity index (χ2v) is 0.519. The van der Waals surface area contributed by atoms with Crippen LogP contribution in [0.4, 0.5) is 0 Å². The molecule has 0 fully saturated rings. The van der Waals surface area contributed by atoms with Crippen molar-refractivity contribution in [3.63, 3.8) is 0 Å². The summed E-state index contributed by atoms with van der Waals surface area (Å²) >= 11 is 0. The van der Waals surface area contributed by atoms with Gasteiger partial charge in [-0.1, -0.05) is 0 Å². The number of hydrogen-bond acceptors (Lipinski definition) is 1. The fourth-order valence-electron chi connectivity index (χ4n) is 0. The number of hydrogen-bond donors (Lipinski definition) is 1. The Kier molecular flexibility index (Phi) is 8.65. The van der Waals surface area contributed by atoms with E-state index in [0.717, 1.165) is 6.92 Å². The second kappa shape index (κ2) is 4.70. The third-order valence-electron chi connectivity index (χ3n) is 0. The van der Waals surface area contributed by atoms with Gasteiger partial charge >= 0.3 is 0 Å². The molecule has 0 aromatic rings. The minimum Gasteiger partial charge on any atom is -0.481 e. The van der Waals surface area contributed by atoms with Crippen LogP contribution in [0.5, 0.6) is 0 Å². The van der Waals surface area contributed by atoms with Gasteiger partial charge in [-0.05, 0) is 0 Å². The number of aliphatic carboxylic acids is 1. The molecule has 3 heteroatoms. The molecule has 0 aromatic carbocycles. The van der Waals surface area contributed by atoms with Crippen molar-refractivity contribution in [3.05, 3.63) is 0 Å². The summed E-state index contributed by atoms with van der Waals surface area (Å²) in [6, 6.07) is 0. The predicted molar refractivity (Wildman–Crippen MR) is 13.3 cm³/mol. The van der Waals surface area contributed by atoms with E-state index in [0.29, 0.717) is 0 Å². The first-order chi connectivity index (χ1) is 1.73. The SMILES string of the molecule is CC(=O)O.[Tm]. The van der Waals surface area contributed by atoms with E-state index in [4.69, 9.17) is 9.90 Å². The van der Waals surface area contributed by atoms with Crippen molar-refractivity contribution < 1.29 is 46.8 Å². The van der Waals surface area contributed by atoms with Gasteiger partial charge < -0.3 is 5.11 Å². The van der Waals surface area contributed by atoms with Gasteiger partial charge in [-0.2, -0.15) is 0 Å². The van der Waals surface area contributed by atoms with E-state index in [-0.39, 0.29) is 36.9 Å². The van der Waals surface area contributed by atoms with Crippen molar-refractivity contribution in [1.82, 2.24) is 0 Å². The van der Waals surface area contributed by atoms with Crippen LogP contribution in [0.2, 0.25) is 0 Å². The van der Waals surface area contributed by atoms with Gasteiger partial charge in [-0.15, -0.1) is 0 Å². The van der Waals surface area contributed by atoms with Gasteiger partial charge in [0.1, 0.15) is 0 Å². The van der Waals surface area contributed by atoms with Crippen molar-refractivity contribution in [2.24, 2.45) is 0 Å². The van der Waals surface area contributed by atoms with E-state index in [1.807, 2.05) is 0 Å². The summed E-state index contributed by atoms with van der Waals surface area (Å²) in [6.45, 7) is 1.08. The first-order valence-electron chi connectivity index (χ1n) is 0.928. The van der Waals surface area contributed by atoms with Crippen LogP contribution in [0.3, 0.4) is 0 Å². The van der Waals surface area contributed by atoms with E-state index >= 15 is 0 Å². The largest absolute Gasteiger partial charge is 0.481 e. The number of rotatable bonds is 0. The van der Waals surface area contributed by atoms with Crippen LogP contribution >= 0.6 is 0 Å². The molecule has 0 saturated carbocycles. The van der Waals surface area contributed by atoms with Gasteiger partial charge in [0, 0.05) is 43.8 Å². The Bertz CT molecular complexity index is 30.6. The van der Waals surface area contributed by atoms with Crippen LogP contribution in [0.25, 0.3) is 0 Å². The van der Waals surface area contributed by atoms with Crippen molar-refractivity contribution in [2.75, 3.05) is 0 Å². The van der Waals surface area contributed by atoms with Gasteiger partial charge in [-0.25, -0.2) is 0 Å². The summed E-state index contributed by atoms with van der Waals surface area (Å²) < 4.78 is 0. The Morgan fingerprint density at radius 3 is 1.80 bits per heavy atom. The average Bonchev–Trinajstić information content (AvgIpc) is 0.811. The maximum atomic E-state index is 9.00. The normalized spacial score (nSPS) is 5.00. The van der Waals surface area contributed by atoms with Crippen molar-refractivity contribution in [2.45, 2.75) is 6.92 Å². The molecule has 0 amide bonds. The molecular weight excluding hydrogens is 225 g/mol. The maximum absolute atomic E-state index is 9.00. The van der Waals surface area contributed by atoms with Crippen molar-refractivity contribution >= 4 is 5.97 Å². The monoisotopic (exact) mass is 229 g/mol. The molecule has 1 radical (unpaired) electrons. The molecule has 0 atom stereocenters. The zero-order valence-electron chi connectivity index (χ0n) is 2.63. The predicted octanol–water partition coefficient (Wildman–Crippen LogP) is 0.0909. The molecule has 0 bridgehead atoms. The topological polar surface area (TPSA) is 37.3 Å². The molecule has 37 valence electrons. The summed E-state index contributed by atoms with van der Waals surface area (Å²) in [5.74, 6) is -0.833. The van der Waals surface area contributed by atoms with Crippen LogP contribution < -0.4 is 0 Å². The molecule has 0 unspecified atom stereocenters. The smallest absolute Gasteiger partial charge is 0.300 e. The molecule has 0 aliphatic heterocycles. The summed E-state index contributed by atoms with van der Waals surface area (Å²) in [6.07, 6.45) is 0. The zero-order chi connectivity index (χ0) is 3.58. The summed E-state index contributed by atoms with van der Waals surface area (Å²) in [4.78, 5) is 9.00. The number of carboxylic acids is 1. The van der Waals surface area contributed by atoms with E-state index in [9.17, 15) is 0 Å². The second-order valence-electron chi connectivity index (χ2n) is 0.519. The minimum atomic E-state index is -0.833. The van der Waals surface area contributed by atoms with E-state index in [1.165, 1.54) is 0 Å². The Hall–Kier alpha value is 0.704. The molecule has 0 saturated heterocycles. The molecule has 0 heterocycles. The molecule has 0 rings (SSSR count). The van der Waals surface area contributed by atoms with Crippen molar-refractivity contribution in [1.29, 1.82) is 0 Å². The van der Waals surface area contributed by atoms with E-state index in [2.05, 4.69) is 0 Å². The zero-order valence-corrected chi connectivity index (χ0v) is 4.41. The van der Waals surface area contributed by atoms with E-state index < -0.39 is 5.97 Å². The first-order valence-corrected chi connectivity index (χ1v) is 0.928. The molecule has 0 aromatic heterocycles. The standard InChI is InChI=1S/C2H4O2.Tm/c1-2(3)4;/h1H3,(H,3,4);. The molecule has 1 N–H and O–H groups in total. The fraction of sp³-hybridized carbons (Fsp3) is 0.500. The average molecular weight is 229 g/mol. The van der Waals surface area contributed by atoms with Gasteiger partial charge in [0.2, 0.25) is 0 Å². The molecule has 0 aliphatic carbocycles. The van der Waals surface area contributed by atoms with Crippen LogP contribution in [-0.2, 0) is 4.79 Å². The van der Waals surface area contributed by atoms with Crippen LogP contribution in [-0.4, -0.2) is 11.1 Å². The Morgan fingerprint density at radius 1 is 1.80 bits per heavy atom. The first kappa shape index (κ1) is 9.20. The molecule has 0 aliphatic rings. The molecule has 5 heavy (non-hydrogen) atoms. The Morgan fingerprint density at radius 2 is 1.80 bits per heavy atom. The van der Waals surface area contributed by atoms with Crippen LogP contribution in [0, 0.1) is 36.9 Å². The summed E-state index contributed by atoms with van der Waals surface area (Å²) in [7, 11) is 0.